The number of halogens is 3. The molecule has 10 heteroatoms. The molecule has 1 aliphatic heterocycles. The number of amides is 1. The lowest BCUT2D eigenvalue weighted by Gasteiger charge is -2.29. The largest absolute Gasteiger partial charge is 0.416 e. The molecule has 0 spiro atoms. The lowest BCUT2D eigenvalue weighted by molar-refractivity contribution is -0.137. The Morgan fingerprint density at radius 1 is 1.03 bits per heavy atom. The van der Waals surface area contributed by atoms with E-state index in [9.17, 15) is 31.5 Å². The third-order valence-corrected chi connectivity index (χ3v) is 8.94. The van der Waals surface area contributed by atoms with Gasteiger partial charge in [-0.05, 0) is 73.0 Å². The van der Waals surface area contributed by atoms with Crippen LogP contribution < -0.4 is 10.2 Å². The average Bonchev–Trinajstić information content (AvgIpc) is 3.38. The van der Waals surface area contributed by atoms with E-state index in [4.69, 9.17) is 0 Å². The molecule has 39 heavy (non-hydrogen) atoms. The summed E-state index contributed by atoms with van der Waals surface area (Å²) in [5.74, 6) is -0.319. The van der Waals surface area contributed by atoms with Crippen LogP contribution in [0.5, 0.6) is 0 Å². The monoisotopic (exact) mass is 560 g/mol. The number of aliphatic hydroxyl groups is 1. The van der Waals surface area contributed by atoms with Crippen molar-refractivity contribution in [3.63, 3.8) is 0 Å². The van der Waals surface area contributed by atoms with Gasteiger partial charge in [0, 0.05) is 30.3 Å². The minimum Gasteiger partial charge on any atom is -0.391 e. The third-order valence-electron chi connectivity index (χ3n) is 7.19. The molecule has 1 saturated heterocycles. The Hall–Kier alpha value is -3.37. The zero-order chi connectivity index (χ0) is 28.4. The smallest absolute Gasteiger partial charge is 0.391 e. The van der Waals surface area contributed by atoms with Crippen LogP contribution >= 0.6 is 0 Å². The van der Waals surface area contributed by atoms with Gasteiger partial charge in [-0.25, -0.2) is 8.42 Å². The number of rotatable bonds is 8. The van der Waals surface area contributed by atoms with Crippen molar-refractivity contribution in [3.05, 3.63) is 95.1 Å². The maximum atomic E-state index is 12.9. The molecular formula is C29H31F3N2O4S. The summed E-state index contributed by atoms with van der Waals surface area (Å²) in [6.45, 7) is 4.04. The van der Waals surface area contributed by atoms with Crippen molar-refractivity contribution < 1.29 is 31.5 Å². The normalized spacial score (nSPS) is 18.7. The molecule has 2 N–H and O–H groups in total. The highest BCUT2D eigenvalue weighted by Gasteiger charge is 2.36. The van der Waals surface area contributed by atoms with Crippen LogP contribution in [0.2, 0.25) is 0 Å². The molecule has 3 aromatic rings. The summed E-state index contributed by atoms with van der Waals surface area (Å²) in [6, 6.07) is 18.3. The van der Waals surface area contributed by atoms with E-state index in [0.717, 1.165) is 28.9 Å². The highest BCUT2D eigenvalue weighted by atomic mass is 32.2. The average molecular weight is 561 g/mol. The van der Waals surface area contributed by atoms with Crippen molar-refractivity contribution in [1.29, 1.82) is 0 Å². The van der Waals surface area contributed by atoms with Gasteiger partial charge >= 0.3 is 6.18 Å². The number of hydrogen-bond acceptors (Lipinski definition) is 5. The van der Waals surface area contributed by atoms with Crippen LogP contribution in [0.4, 0.5) is 18.9 Å². The van der Waals surface area contributed by atoms with Crippen molar-refractivity contribution in [2.45, 2.75) is 55.9 Å². The summed E-state index contributed by atoms with van der Waals surface area (Å²) < 4.78 is 62.8. The molecule has 4 rings (SSSR count). The summed E-state index contributed by atoms with van der Waals surface area (Å²) in [6.07, 6.45) is -4.46. The minimum atomic E-state index is -4.39. The van der Waals surface area contributed by atoms with Crippen LogP contribution in [0.15, 0.2) is 77.7 Å². The molecule has 3 aromatic carbocycles. The summed E-state index contributed by atoms with van der Waals surface area (Å²) in [5, 5.41) is 13.2. The fraction of sp³-hybridized carbons (Fsp3) is 0.345. The molecule has 1 heterocycles. The standard InChI is InChI=1S/C29H31F3N2O4S/c1-3-39(37,38)26-14-4-20(5-15-26)17-33-28(36)22-8-12-25(13-9-22)34-18-23(16-27(34)19(2)35)21-6-10-24(11-7-21)29(30,31)32/h4-15,19,23,27,35H,3,16-18H2,1-2H3,(H,33,36)/t19-,23?,27+/m1/s1. The van der Waals surface area contributed by atoms with Crippen LogP contribution in [0.3, 0.4) is 0 Å². The van der Waals surface area contributed by atoms with E-state index in [1.165, 1.54) is 24.3 Å². The fourth-order valence-corrected chi connectivity index (χ4v) is 5.76. The number of aliphatic hydroxyl groups excluding tert-OH is 1. The van der Waals surface area contributed by atoms with Gasteiger partial charge in [0.1, 0.15) is 0 Å². The molecular weight excluding hydrogens is 529 g/mol. The molecule has 6 nitrogen and oxygen atoms in total. The second-order valence-electron chi connectivity index (χ2n) is 9.79. The van der Waals surface area contributed by atoms with Gasteiger partial charge in [-0.1, -0.05) is 31.2 Å². The first kappa shape index (κ1) is 28.6. The molecule has 3 atom stereocenters. The SMILES string of the molecule is CCS(=O)(=O)c1ccc(CNC(=O)c2ccc(N3CC(c4ccc(C(F)(F)F)cc4)C[C@H]3[C@@H](C)O)cc2)cc1. The zero-order valence-corrected chi connectivity index (χ0v) is 22.5. The Bertz CT molecular complexity index is 1390. The molecule has 1 unspecified atom stereocenters. The highest BCUT2D eigenvalue weighted by molar-refractivity contribution is 7.91. The number of sulfone groups is 1. The van der Waals surface area contributed by atoms with Crippen LogP contribution in [0, 0.1) is 0 Å². The molecule has 0 bridgehead atoms. The number of anilines is 1. The number of nitrogens with zero attached hydrogens (tertiary/aromatic N) is 1. The van der Waals surface area contributed by atoms with Crippen LogP contribution in [-0.2, 0) is 22.6 Å². The Labute approximate surface area is 226 Å². The predicted molar refractivity (Wildman–Crippen MR) is 143 cm³/mol. The van der Waals surface area contributed by atoms with Crippen molar-refractivity contribution in [2.75, 3.05) is 17.2 Å². The number of carbonyl (C=O) groups is 1. The van der Waals surface area contributed by atoms with Gasteiger partial charge in [-0.3, -0.25) is 4.79 Å². The maximum absolute atomic E-state index is 12.9. The number of alkyl halides is 3. The Balaban J connectivity index is 1.41. The summed E-state index contributed by atoms with van der Waals surface area (Å²) in [5.41, 5.74) is 2.10. The van der Waals surface area contributed by atoms with Crippen LogP contribution in [-0.4, -0.2) is 43.9 Å². The lowest BCUT2D eigenvalue weighted by atomic mass is 9.94. The zero-order valence-electron chi connectivity index (χ0n) is 21.6. The predicted octanol–water partition coefficient (Wildman–Crippen LogP) is 5.17. The number of hydrogen-bond donors (Lipinski definition) is 2. The lowest BCUT2D eigenvalue weighted by Crippen LogP contribution is -2.37. The highest BCUT2D eigenvalue weighted by Crippen LogP contribution is 2.38. The van der Waals surface area contributed by atoms with Crippen molar-refractivity contribution >= 4 is 21.4 Å². The van der Waals surface area contributed by atoms with Gasteiger partial charge < -0.3 is 15.3 Å². The van der Waals surface area contributed by atoms with Gasteiger partial charge in [0.2, 0.25) is 0 Å². The van der Waals surface area contributed by atoms with Crippen molar-refractivity contribution in [1.82, 2.24) is 5.32 Å². The van der Waals surface area contributed by atoms with Crippen molar-refractivity contribution in [3.8, 4) is 0 Å². The van der Waals surface area contributed by atoms with Crippen LogP contribution in [0.1, 0.15) is 53.2 Å². The number of carbonyl (C=O) groups excluding carboxylic acids is 1. The Morgan fingerprint density at radius 3 is 2.18 bits per heavy atom. The number of benzene rings is 3. The fourth-order valence-electron chi connectivity index (χ4n) is 4.88. The molecule has 0 saturated carbocycles. The third kappa shape index (κ3) is 6.62. The van der Waals surface area contributed by atoms with Crippen molar-refractivity contribution in [2.24, 2.45) is 0 Å². The number of nitrogens with one attached hydrogen (secondary N) is 1. The second-order valence-corrected chi connectivity index (χ2v) is 12.1. The summed E-state index contributed by atoms with van der Waals surface area (Å²) in [4.78, 5) is 15.0. The Morgan fingerprint density at radius 2 is 1.64 bits per heavy atom. The molecule has 1 aliphatic rings. The van der Waals surface area contributed by atoms with Gasteiger partial charge in [0.05, 0.1) is 28.4 Å². The first-order chi connectivity index (χ1) is 18.4. The van der Waals surface area contributed by atoms with Gasteiger partial charge in [-0.15, -0.1) is 0 Å². The maximum Gasteiger partial charge on any atom is 0.416 e. The van der Waals surface area contributed by atoms with E-state index in [2.05, 4.69) is 5.32 Å². The Kier molecular flexibility index (Phi) is 8.37. The van der Waals surface area contributed by atoms with Gasteiger partial charge in [-0.2, -0.15) is 13.2 Å². The van der Waals surface area contributed by atoms with E-state index in [-0.39, 0.29) is 35.1 Å². The molecule has 208 valence electrons. The van der Waals surface area contributed by atoms with E-state index in [1.54, 1.807) is 50.2 Å². The summed E-state index contributed by atoms with van der Waals surface area (Å²) in [7, 11) is -3.28. The van der Waals surface area contributed by atoms with E-state index >= 15 is 0 Å². The molecule has 0 aliphatic carbocycles. The van der Waals surface area contributed by atoms with E-state index in [0.29, 0.717) is 18.5 Å². The molecule has 0 aromatic heterocycles. The first-order valence-electron chi connectivity index (χ1n) is 12.7. The molecule has 1 fully saturated rings. The minimum absolute atomic E-state index is 0.0180. The summed E-state index contributed by atoms with van der Waals surface area (Å²) >= 11 is 0. The topological polar surface area (TPSA) is 86.7 Å². The van der Waals surface area contributed by atoms with E-state index < -0.39 is 27.7 Å². The van der Waals surface area contributed by atoms with Crippen LogP contribution in [0.25, 0.3) is 0 Å². The quantitative estimate of drug-likeness (QED) is 0.397. The first-order valence-corrected chi connectivity index (χ1v) is 14.4. The van der Waals surface area contributed by atoms with E-state index in [1.807, 2.05) is 4.90 Å². The molecule has 0 radical (unpaired) electrons. The van der Waals surface area contributed by atoms with Gasteiger partial charge in [0.15, 0.2) is 9.84 Å². The van der Waals surface area contributed by atoms with Gasteiger partial charge in [0.25, 0.3) is 5.91 Å². The molecule has 1 amide bonds. The second kappa shape index (κ2) is 11.4.